The Morgan fingerprint density at radius 2 is 1.40 bits per heavy atom. The third kappa shape index (κ3) is 9.93. The van der Waals surface area contributed by atoms with Crippen LogP contribution in [-0.4, -0.2) is 20.9 Å². The predicted molar refractivity (Wildman–Crippen MR) is 224 cm³/mol. The van der Waals surface area contributed by atoms with Crippen LogP contribution in [0.2, 0.25) is 0 Å². The summed E-state index contributed by atoms with van der Waals surface area (Å²) < 4.78 is 9.42. The molecule has 1 radical (unpaired) electrons. The Bertz CT molecular complexity index is 2100. The van der Waals surface area contributed by atoms with E-state index in [1.54, 1.807) is 11.3 Å². The number of aliphatic hydroxyl groups is 1. The van der Waals surface area contributed by atoms with E-state index in [4.69, 9.17) is 1.37 Å². The third-order valence-corrected chi connectivity index (χ3v) is 11.5. The van der Waals surface area contributed by atoms with Gasteiger partial charge in [-0.15, -0.1) is 40.5 Å². The van der Waals surface area contributed by atoms with Crippen molar-refractivity contribution in [3.05, 3.63) is 94.5 Å². The monoisotopic (exact) mass is 911 g/mol. The molecule has 6 heteroatoms. The van der Waals surface area contributed by atoms with Crippen molar-refractivity contribution in [2.45, 2.75) is 109 Å². The van der Waals surface area contributed by atoms with E-state index in [-0.39, 0.29) is 55.2 Å². The van der Waals surface area contributed by atoms with E-state index >= 15 is 0 Å². The average molecular weight is 911 g/mol. The number of fused-ring (bicyclic) bond motifs is 2. The number of benzene rings is 3. The molecule has 0 atom stereocenters. The Labute approximate surface area is 338 Å². The molecule has 0 saturated heterocycles. The molecule has 0 saturated carbocycles. The number of ketones is 1. The quantitative estimate of drug-likeness (QED) is 0.0909. The van der Waals surface area contributed by atoms with Gasteiger partial charge in [-0.1, -0.05) is 123 Å². The van der Waals surface area contributed by atoms with Gasteiger partial charge >= 0.3 is 0 Å². The van der Waals surface area contributed by atoms with Gasteiger partial charge < -0.3 is 5.11 Å². The summed E-state index contributed by atoms with van der Waals surface area (Å²) in [6.45, 7) is 31.9. The van der Waals surface area contributed by atoms with Crippen molar-refractivity contribution in [1.29, 1.82) is 0 Å². The van der Waals surface area contributed by atoms with Crippen LogP contribution in [0.15, 0.2) is 60.6 Å². The summed E-state index contributed by atoms with van der Waals surface area (Å²) in [5.41, 5.74) is 9.99. The third-order valence-electron chi connectivity index (χ3n) is 10.2. The zero-order valence-electron chi connectivity index (χ0n) is 35.6. The molecule has 0 aliphatic heterocycles. The number of carbonyl (C=O) groups is 1. The fraction of sp³-hybridized carbons (Fsp3) is 0.468. The molecule has 5 aromatic rings. The molecular weight excluding hydrogens is 849 g/mol. The zero-order valence-corrected chi connectivity index (χ0v) is 37.8. The summed E-state index contributed by atoms with van der Waals surface area (Å²) in [5, 5.41) is 12.6. The van der Waals surface area contributed by atoms with Gasteiger partial charge in [0.25, 0.3) is 0 Å². The SMILES string of the molecule is CC(C)C(C(=O)/C=C(\O)C(C(C)C)C(C)C)C(C)C.[2H]c1nc(-c2[c-]c3ccccc3c(C(C)(C)C)c2)c2sc(-c3c(C)cc(C)cc3C)c(C)c2n1.[Ir]. The van der Waals surface area contributed by atoms with Gasteiger partial charge in [-0.2, -0.15) is 0 Å². The van der Waals surface area contributed by atoms with Crippen LogP contribution >= 0.6 is 11.3 Å². The van der Waals surface area contributed by atoms with Gasteiger partial charge in [0.15, 0.2) is 5.78 Å². The van der Waals surface area contributed by atoms with Gasteiger partial charge in [0.1, 0.15) is 7.67 Å². The molecule has 53 heavy (non-hydrogen) atoms. The summed E-state index contributed by atoms with van der Waals surface area (Å²) in [4.78, 5) is 22.8. The number of carbonyl (C=O) groups excluding carboxylic acids is 1. The smallest absolute Gasteiger partial charge is 0.162 e. The van der Waals surface area contributed by atoms with Crippen LogP contribution in [0.4, 0.5) is 0 Å². The van der Waals surface area contributed by atoms with Crippen LogP contribution < -0.4 is 0 Å². The fourth-order valence-electron chi connectivity index (χ4n) is 8.13. The second kappa shape index (κ2) is 18.0. The maximum absolute atomic E-state index is 12.3. The maximum Gasteiger partial charge on any atom is 0.162 e. The van der Waals surface area contributed by atoms with Crippen LogP contribution in [0.1, 0.15) is 105 Å². The number of allylic oxidation sites excluding steroid dienone is 2. The molecule has 2 heterocycles. The first kappa shape index (κ1) is 42.6. The van der Waals surface area contributed by atoms with E-state index in [9.17, 15) is 9.90 Å². The Balaban J connectivity index is 0.000000338. The first-order valence-corrected chi connectivity index (χ1v) is 19.7. The molecule has 0 bridgehead atoms. The maximum atomic E-state index is 12.3. The topological polar surface area (TPSA) is 63.1 Å². The standard InChI is InChI=1S/C30H29N2S.C17H32O2.Ir/c1-17-12-18(2)25(19(3)13-17)28-20(4)26-29(33-28)27(32-16-31-26)22-14-21-10-8-9-11-23(21)24(15-22)30(5,6)7;1-10(2)16(11(3)4)14(18)9-15(19)17(12(5)6)13(7)8;/h8-13,15-16H,1-7H3;9-13,16-18H,1-8H3;/q-1;;/b;14-9-;/i16D;;. The number of aryl methyl sites for hydroxylation is 4. The Morgan fingerprint density at radius 3 is 1.92 bits per heavy atom. The van der Waals surface area contributed by atoms with E-state index in [1.807, 2.05) is 0 Å². The molecule has 2 aromatic heterocycles. The summed E-state index contributed by atoms with van der Waals surface area (Å²) in [6, 6.07) is 18.7. The van der Waals surface area contributed by atoms with Crippen molar-refractivity contribution in [1.82, 2.24) is 9.97 Å². The summed E-state index contributed by atoms with van der Waals surface area (Å²) in [6.07, 6.45) is 1.53. The number of thiophene rings is 1. The van der Waals surface area contributed by atoms with Gasteiger partial charge in [0.2, 0.25) is 0 Å². The molecule has 0 aliphatic rings. The van der Waals surface area contributed by atoms with Crippen molar-refractivity contribution >= 4 is 38.1 Å². The van der Waals surface area contributed by atoms with Crippen molar-refractivity contribution in [3.8, 4) is 21.7 Å². The number of rotatable bonds is 9. The van der Waals surface area contributed by atoms with Crippen molar-refractivity contribution in [2.75, 3.05) is 0 Å². The second-order valence-corrected chi connectivity index (χ2v) is 18.1. The van der Waals surface area contributed by atoms with Gasteiger partial charge in [0, 0.05) is 53.3 Å². The average Bonchev–Trinajstić information content (AvgIpc) is 3.33. The van der Waals surface area contributed by atoms with Crippen molar-refractivity contribution in [3.63, 3.8) is 0 Å². The van der Waals surface area contributed by atoms with Gasteiger partial charge in [-0.3, -0.25) is 9.78 Å². The van der Waals surface area contributed by atoms with Crippen molar-refractivity contribution in [2.24, 2.45) is 35.5 Å². The Kier molecular flexibility index (Phi) is 14.4. The van der Waals surface area contributed by atoms with E-state index in [0.717, 1.165) is 32.4 Å². The minimum Gasteiger partial charge on any atom is -0.512 e. The van der Waals surface area contributed by atoms with Gasteiger partial charge in [-0.05, 0) is 79.0 Å². The first-order valence-electron chi connectivity index (χ1n) is 19.4. The molecule has 5 rings (SSSR count). The minimum atomic E-state index is -0.0357. The summed E-state index contributed by atoms with van der Waals surface area (Å²) >= 11 is 1.73. The number of hydrogen-bond donors (Lipinski definition) is 1. The van der Waals surface area contributed by atoms with Crippen LogP contribution in [0.3, 0.4) is 0 Å². The van der Waals surface area contributed by atoms with Crippen LogP contribution in [0.25, 0.3) is 42.7 Å². The van der Waals surface area contributed by atoms with Crippen LogP contribution in [0.5, 0.6) is 0 Å². The Morgan fingerprint density at radius 1 is 0.849 bits per heavy atom. The largest absolute Gasteiger partial charge is 0.512 e. The molecule has 0 amide bonds. The van der Waals surface area contributed by atoms with Gasteiger partial charge in [0.05, 0.1) is 11.3 Å². The molecule has 0 aliphatic carbocycles. The van der Waals surface area contributed by atoms with E-state index in [2.05, 4.69) is 162 Å². The van der Waals surface area contributed by atoms with Crippen LogP contribution in [0, 0.1) is 69.3 Å². The van der Waals surface area contributed by atoms with E-state index < -0.39 is 0 Å². The zero-order chi connectivity index (χ0) is 39.7. The molecule has 0 fully saturated rings. The Hall–Kier alpha value is -3.18. The summed E-state index contributed by atoms with van der Waals surface area (Å²) in [5.74, 6) is 1.63. The summed E-state index contributed by atoms with van der Waals surface area (Å²) in [7, 11) is 0. The minimum absolute atomic E-state index is 0. The predicted octanol–water partition coefficient (Wildman–Crippen LogP) is 13.4. The van der Waals surface area contributed by atoms with Crippen LogP contribution in [-0.2, 0) is 30.3 Å². The fourth-order valence-corrected chi connectivity index (χ4v) is 9.56. The molecule has 287 valence electrons. The molecule has 0 spiro atoms. The number of aromatic nitrogens is 2. The van der Waals surface area contributed by atoms with Crippen molar-refractivity contribution < 1.29 is 31.4 Å². The number of aliphatic hydroxyl groups excluding tert-OH is 1. The van der Waals surface area contributed by atoms with E-state index in [1.165, 1.54) is 44.2 Å². The number of nitrogens with zero attached hydrogens (tertiary/aromatic N) is 2. The molecule has 4 nitrogen and oxygen atoms in total. The normalized spacial score (nSPS) is 12.7. The van der Waals surface area contributed by atoms with Gasteiger partial charge in [-0.25, -0.2) is 4.98 Å². The second-order valence-electron chi connectivity index (χ2n) is 17.1. The molecule has 1 N–H and O–H groups in total. The molecular formula is C47H61IrN2O2S-. The molecule has 0 unspecified atom stereocenters. The molecule has 3 aromatic carbocycles. The first-order chi connectivity index (χ1) is 24.6. The number of hydrogen-bond acceptors (Lipinski definition) is 5. The van der Waals surface area contributed by atoms with E-state index in [0.29, 0.717) is 23.7 Å².